The predicted octanol–water partition coefficient (Wildman–Crippen LogP) is 6.38. The second-order valence-corrected chi connectivity index (χ2v) is 6.21. The molecule has 1 aromatic carbocycles. The Morgan fingerprint density at radius 3 is 2.32 bits per heavy atom. The summed E-state index contributed by atoms with van der Waals surface area (Å²) < 4.78 is 53.1. The molecule has 22 heavy (non-hydrogen) atoms. The van der Waals surface area contributed by atoms with Gasteiger partial charge in [0.2, 0.25) is 0 Å². The van der Waals surface area contributed by atoms with E-state index in [1.54, 1.807) is 0 Å². The second-order valence-electron chi connectivity index (χ2n) is 6.21. The zero-order chi connectivity index (χ0) is 16.3. The van der Waals surface area contributed by atoms with Gasteiger partial charge in [0.15, 0.2) is 0 Å². The van der Waals surface area contributed by atoms with Crippen LogP contribution in [0.3, 0.4) is 0 Å². The topological polar surface area (TPSA) is 0 Å². The summed E-state index contributed by atoms with van der Waals surface area (Å²) in [5, 5.41) is 0. The van der Waals surface area contributed by atoms with Gasteiger partial charge in [-0.2, -0.15) is 13.2 Å². The fraction of sp³-hybridized carbons (Fsp3) is 0.556. The first kappa shape index (κ1) is 17.0. The van der Waals surface area contributed by atoms with Gasteiger partial charge in [0.05, 0.1) is 5.56 Å². The molecule has 0 atom stereocenters. The van der Waals surface area contributed by atoms with Gasteiger partial charge in [-0.3, -0.25) is 0 Å². The molecule has 0 spiro atoms. The minimum atomic E-state index is -4.67. The van der Waals surface area contributed by atoms with Gasteiger partial charge >= 0.3 is 6.18 Å². The van der Waals surface area contributed by atoms with Gasteiger partial charge in [0.1, 0.15) is 5.82 Å². The highest BCUT2D eigenvalue weighted by atomic mass is 19.4. The normalized spacial score (nSPS) is 23.2. The lowest BCUT2D eigenvalue weighted by Gasteiger charge is -2.25. The number of allylic oxidation sites excluding steroid dienone is 1. The molecule has 0 amide bonds. The number of hydrogen-bond donors (Lipinski definition) is 0. The summed E-state index contributed by atoms with van der Waals surface area (Å²) in [6, 6.07) is 2.76. The lowest BCUT2D eigenvalue weighted by atomic mass is 9.80. The van der Waals surface area contributed by atoms with Gasteiger partial charge in [-0.15, -0.1) is 0 Å². The van der Waals surface area contributed by atoms with Crippen molar-refractivity contribution in [2.75, 3.05) is 0 Å². The van der Waals surface area contributed by atoms with E-state index in [-0.39, 0.29) is 11.1 Å². The van der Waals surface area contributed by atoms with E-state index in [2.05, 4.69) is 6.92 Å². The maximum atomic E-state index is 13.9. The Morgan fingerprint density at radius 1 is 1.14 bits per heavy atom. The summed E-state index contributed by atoms with van der Waals surface area (Å²) in [6.45, 7) is 3.52. The maximum Gasteiger partial charge on any atom is 0.419 e. The Bertz CT molecular complexity index is 535. The van der Waals surface area contributed by atoms with Crippen molar-refractivity contribution in [1.82, 2.24) is 0 Å². The van der Waals surface area contributed by atoms with E-state index in [0.29, 0.717) is 5.92 Å². The zero-order valence-electron chi connectivity index (χ0n) is 13.0. The summed E-state index contributed by atoms with van der Waals surface area (Å²) in [5.74, 6) is -0.121. The molecule has 0 bridgehead atoms. The molecular weight excluding hydrogens is 292 g/mol. The molecule has 0 unspecified atom stereocenters. The fourth-order valence-electron chi connectivity index (χ4n) is 3.15. The summed E-state index contributed by atoms with van der Waals surface area (Å²) in [7, 11) is 0. The van der Waals surface area contributed by atoms with Crippen molar-refractivity contribution in [1.29, 1.82) is 0 Å². The average Bonchev–Trinajstić information content (AvgIpc) is 2.47. The Kier molecular flexibility index (Phi) is 5.30. The summed E-state index contributed by atoms with van der Waals surface area (Å²) in [6.07, 6.45) is 4.02. The molecule has 1 saturated carbocycles. The molecule has 1 fully saturated rings. The Morgan fingerprint density at radius 2 is 1.77 bits per heavy atom. The maximum absolute atomic E-state index is 13.9. The van der Waals surface area contributed by atoms with Crippen LogP contribution in [-0.2, 0) is 6.18 Å². The van der Waals surface area contributed by atoms with E-state index in [0.717, 1.165) is 38.0 Å². The second kappa shape index (κ2) is 6.84. The summed E-state index contributed by atoms with van der Waals surface area (Å²) in [5.41, 5.74) is -1.20. The minimum absolute atomic E-state index is 0.0212. The van der Waals surface area contributed by atoms with Crippen LogP contribution >= 0.6 is 0 Å². The van der Waals surface area contributed by atoms with Crippen LogP contribution in [0.5, 0.6) is 0 Å². The molecule has 0 radical (unpaired) electrons. The number of aryl methyl sites for hydroxylation is 1. The van der Waals surface area contributed by atoms with E-state index in [1.165, 1.54) is 25.1 Å². The smallest absolute Gasteiger partial charge is 0.206 e. The largest absolute Gasteiger partial charge is 0.419 e. The predicted molar refractivity (Wildman–Crippen MR) is 80.9 cm³/mol. The van der Waals surface area contributed by atoms with Gasteiger partial charge in [0, 0.05) is 0 Å². The molecule has 0 N–H and O–H groups in total. The van der Waals surface area contributed by atoms with E-state index in [1.807, 2.05) is 6.08 Å². The van der Waals surface area contributed by atoms with Gasteiger partial charge in [-0.25, -0.2) is 4.39 Å². The standard InChI is InChI=1S/C18H22F4/c1-3-13-5-7-14(8-6-13)9-11-15-10-4-12(2)17(19)16(15)18(20,21)22/h4,9-11,13-14H,3,5-8H2,1-2H3/b11-9+. The van der Waals surface area contributed by atoms with Crippen molar-refractivity contribution in [3.8, 4) is 0 Å². The fourth-order valence-corrected chi connectivity index (χ4v) is 3.15. The Hall–Kier alpha value is -1.32. The molecule has 0 nitrogen and oxygen atoms in total. The highest BCUT2D eigenvalue weighted by molar-refractivity contribution is 5.56. The van der Waals surface area contributed by atoms with Crippen molar-refractivity contribution < 1.29 is 17.6 Å². The first-order valence-corrected chi connectivity index (χ1v) is 7.87. The quantitative estimate of drug-likeness (QED) is 0.568. The lowest BCUT2D eigenvalue weighted by molar-refractivity contribution is -0.140. The van der Waals surface area contributed by atoms with Crippen LogP contribution in [0.25, 0.3) is 6.08 Å². The van der Waals surface area contributed by atoms with Crippen molar-refractivity contribution >= 4 is 6.08 Å². The van der Waals surface area contributed by atoms with Crippen LogP contribution in [0.4, 0.5) is 17.6 Å². The molecule has 2 rings (SSSR count). The third kappa shape index (κ3) is 3.90. The molecule has 4 heteroatoms. The Balaban J connectivity index is 2.20. The van der Waals surface area contributed by atoms with Gasteiger partial charge in [-0.1, -0.05) is 37.6 Å². The number of alkyl halides is 3. The molecule has 0 saturated heterocycles. The lowest BCUT2D eigenvalue weighted by Crippen LogP contribution is -2.13. The average molecular weight is 314 g/mol. The molecule has 0 aromatic heterocycles. The molecular formula is C18H22F4. The van der Waals surface area contributed by atoms with Crippen LogP contribution in [0, 0.1) is 24.6 Å². The van der Waals surface area contributed by atoms with Crippen molar-refractivity contribution in [2.45, 2.75) is 52.1 Å². The van der Waals surface area contributed by atoms with E-state index >= 15 is 0 Å². The van der Waals surface area contributed by atoms with Crippen LogP contribution in [0.15, 0.2) is 18.2 Å². The molecule has 1 aromatic rings. The van der Waals surface area contributed by atoms with Gasteiger partial charge in [0.25, 0.3) is 0 Å². The highest BCUT2D eigenvalue weighted by Crippen LogP contribution is 2.37. The highest BCUT2D eigenvalue weighted by Gasteiger charge is 2.37. The SMILES string of the molecule is CCC1CCC(/C=C/c2ccc(C)c(F)c2C(F)(F)F)CC1. The van der Waals surface area contributed by atoms with Crippen LogP contribution in [0.2, 0.25) is 0 Å². The minimum Gasteiger partial charge on any atom is -0.206 e. The van der Waals surface area contributed by atoms with Gasteiger partial charge in [-0.05, 0) is 55.6 Å². The third-order valence-electron chi connectivity index (χ3n) is 4.67. The molecule has 1 aliphatic carbocycles. The van der Waals surface area contributed by atoms with Crippen LogP contribution < -0.4 is 0 Å². The van der Waals surface area contributed by atoms with E-state index < -0.39 is 17.6 Å². The number of benzene rings is 1. The van der Waals surface area contributed by atoms with Crippen molar-refractivity contribution in [2.24, 2.45) is 11.8 Å². The van der Waals surface area contributed by atoms with E-state index in [4.69, 9.17) is 0 Å². The van der Waals surface area contributed by atoms with Crippen LogP contribution in [0.1, 0.15) is 55.7 Å². The number of halogens is 4. The molecule has 0 aliphatic heterocycles. The summed E-state index contributed by atoms with van der Waals surface area (Å²) in [4.78, 5) is 0. The van der Waals surface area contributed by atoms with E-state index in [9.17, 15) is 17.6 Å². The first-order valence-electron chi connectivity index (χ1n) is 7.87. The first-order chi connectivity index (χ1) is 10.3. The molecule has 0 heterocycles. The van der Waals surface area contributed by atoms with Crippen LogP contribution in [-0.4, -0.2) is 0 Å². The Labute approximate surface area is 129 Å². The third-order valence-corrected chi connectivity index (χ3v) is 4.67. The number of hydrogen-bond acceptors (Lipinski definition) is 0. The molecule has 1 aliphatic rings. The number of rotatable bonds is 3. The van der Waals surface area contributed by atoms with Crippen molar-refractivity contribution in [3.63, 3.8) is 0 Å². The molecule has 122 valence electrons. The van der Waals surface area contributed by atoms with Gasteiger partial charge < -0.3 is 0 Å². The van der Waals surface area contributed by atoms with Crippen molar-refractivity contribution in [3.05, 3.63) is 40.7 Å². The summed E-state index contributed by atoms with van der Waals surface area (Å²) >= 11 is 0. The zero-order valence-corrected chi connectivity index (χ0v) is 13.0. The monoisotopic (exact) mass is 314 g/mol.